The van der Waals surface area contributed by atoms with E-state index < -0.39 is 0 Å². The van der Waals surface area contributed by atoms with E-state index in [9.17, 15) is 14.4 Å². The van der Waals surface area contributed by atoms with Crippen LogP contribution in [0, 0.1) is 6.92 Å². The maximum Gasteiger partial charge on any atom is 0.229 e. The van der Waals surface area contributed by atoms with Crippen LogP contribution in [0.25, 0.3) is 0 Å². The summed E-state index contributed by atoms with van der Waals surface area (Å²) in [7, 11) is 0. The first-order valence-corrected chi connectivity index (χ1v) is 9.44. The maximum absolute atomic E-state index is 12.2. The molecule has 0 aromatic carbocycles. The Morgan fingerprint density at radius 1 is 1.15 bits per heavy atom. The fraction of sp³-hybridized carbons (Fsp3) is 0.667. The van der Waals surface area contributed by atoms with E-state index in [0.29, 0.717) is 51.9 Å². The van der Waals surface area contributed by atoms with Gasteiger partial charge in [0, 0.05) is 51.5 Å². The Labute approximate surface area is 153 Å². The molecule has 3 rings (SSSR count). The van der Waals surface area contributed by atoms with Crippen LogP contribution in [0.1, 0.15) is 44.2 Å². The molecule has 0 radical (unpaired) electrons. The topological polar surface area (TPSA) is 87.5 Å². The SMILES string of the molecule is Cc1cc2n(n1)CCC(=O)N2CCCC(=O)NCCCN1CCCC1=O. The number of carbonyl (C=O) groups excluding carboxylic acids is 3. The second-order valence-electron chi connectivity index (χ2n) is 6.95. The molecule has 3 heterocycles. The van der Waals surface area contributed by atoms with Gasteiger partial charge in [-0.05, 0) is 26.2 Å². The minimum atomic E-state index is -0.00750. The minimum Gasteiger partial charge on any atom is -0.356 e. The third kappa shape index (κ3) is 4.42. The number of amides is 3. The van der Waals surface area contributed by atoms with Gasteiger partial charge in [0.1, 0.15) is 5.82 Å². The van der Waals surface area contributed by atoms with Crippen LogP contribution in [-0.2, 0) is 20.9 Å². The molecule has 0 aliphatic carbocycles. The summed E-state index contributed by atoms with van der Waals surface area (Å²) in [5, 5.41) is 7.28. The standard InChI is InChI=1S/C18H27N5O3/c1-14-13-16-22(18(26)7-12-23(16)20-14)11-2-5-15(24)19-8-4-10-21-9-3-6-17(21)25/h13H,2-12H2,1H3,(H,19,24). The third-order valence-corrected chi connectivity index (χ3v) is 4.88. The molecule has 1 N–H and O–H groups in total. The van der Waals surface area contributed by atoms with Crippen LogP contribution < -0.4 is 10.2 Å². The quantitative estimate of drug-likeness (QED) is 0.695. The molecule has 1 saturated heterocycles. The van der Waals surface area contributed by atoms with Gasteiger partial charge in [-0.15, -0.1) is 0 Å². The van der Waals surface area contributed by atoms with Crippen LogP contribution in [0.2, 0.25) is 0 Å². The summed E-state index contributed by atoms with van der Waals surface area (Å²) >= 11 is 0. The van der Waals surface area contributed by atoms with Crippen LogP contribution >= 0.6 is 0 Å². The second-order valence-corrected chi connectivity index (χ2v) is 6.95. The number of carbonyl (C=O) groups is 3. The molecule has 0 unspecified atom stereocenters. The molecule has 8 nitrogen and oxygen atoms in total. The van der Waals surface area contributed by atoms with Crippen LogP contribution in [0.3, 0.4) is 0 Å². The molecule has 8 heteroatoms. The smallest absolute Gasteiger partial charge is 0.229 e. The number of aromatic nitrogens is 2. The van der Waals surface area contributed by atoms with Crippen molar-refractivity contribution < 1.29 is 14.4 Å². The number of nitrogens with one attached hydrogen (secondary N) is 1. The molecule has 1 aromatic rings. The fourth-order valence-electron chi connectivity index (χ4n) is 3.54. The highest BCUT2D eigenvalue weighted by Gasteiger charge is 2.25. The summed E-state index contributed by atoms with van der Waals surface area (Å²) in [4.78, 5) is 39.2. The average molecular weight is 361 g/mol. The highest BCUT2D eigenvalue weighted by molar-refractivity contribution is 5.93. The largest absolute Gasteiger partial charge is 0.356 e. The van der Waals surface area contributed by atoms with Crippen LogP contribution in [0.4, 0.5) is 5.82 Å². The minimum absolute atomic E-state index is 0.00750. The molecule has 0 spiro atoms. The van der Waals surface area contributed by atoms with Crippen molar-refractivity contribution in [2.24, 2.45) is 0 Å². The first kappa shape index (κ1) is 18.4. The number of rotatable bonds is 8. The van der Waals surface area contributed by atoms with Crippen LogP contribution in [0.5, 0.6) is 0 Å². The number of anilines is 1. The molecule has 0 saturated carbocycles. The number of hydrogen-bond acceptors (Lipinski definition) is 4. The van der Waals surface area contributed by atoms with Gasteiger partial charge < -0.3 is 10.2 Å². The lowest BCUT2D eigenvalue weighted by atomic mass is 10.2. The Balaban J connectivity index is 1.35. The van der Waals surface area contributed by atoms with E-state index in [1.54, 1.807) is 4.90 Å². The van der Waals surface area contributed by atoms with Crippen molar-refractivity contribution in [3.8, 4) is 0 Å². The number of likely N-dealkylation sites (tertiary alicyclic amines) is 1. The highest BCUT2D eigenvalue weighted by atomic mass is 16.2. The Bertz CT molecular complexity index is 684. The lowest BCUT2D eigenvalue weighted by Gasteiger charge is -2.27. The van der Waals surface area contributed by atoms with E-state index in [-0.39, 0.29) is 17.7 Å². The summed E-state index contributed by atoms with van der Waals surface area (Å²) in [5.41, 5.74) is 0.897. The molecule has 1 fully saturated rings. The summed E-state index contributed by atoms with van der Waals surface area (Å²) in [6.07, 6.45) is 3.83. The maximum atomic E-state index is 12.2. The van der Waals surface area contributed by atoms with Crippen molar-refractivity contribution in [1.29, 1.82) is 0 Å². The highest BCUT2D eigenvalue weighted by Crippen LogP contribution is 2.22. The van der Waals surface area contributed by atoms with Crippen LogP contribution in [-0.4, -0.2) is 58.6 Å². The van der Waals surface area contributed by atoms with Gasteiger partial charge in [0.2, 0.25) is 17.7 Å². The number of hydrogen-bond donors (Lipinski definition) is 1. The Morgan fingerprint density at radius 2 is 2.00 bits per heavy atom. The van der Waals surface area contributed by atoms with E-state index in [1.807, 2.05) is 22.6 Å². The molecule has 2 aliphatic heterocycles. The number of fused-ring (bicyclic) bond motifs is 1. The van der Waals surface area contributed by atoms with Gasteiger partial charge in [0.05, 0.1) is 12.2 Å². The van der Waals surface area contributed by atoms with Crippen molar-refractivity contribution in [2.75, 3.05) is 31.1 Å². The van der Waals surface area contributed by atoms with Crippen molar-refractivity contribution >= 4 is 23.5 Å². The fourth-order valence-corrected chi connectivity index (χ4v) is 3.54. The van der Waals surface area contributed by atoms with Gasteiger partial charge in [-0.25, -0.2) is 4.68 Å². The molecule has 1 aromatic heterocycles. The zero-order chi connectivity index (χ0) is 18.5. The molecule has 3 amide bonds. The number of aryl methyl sites for hydroxylation is 2. The van der Waals surface area contributed by atoms with Gasteiger partial charge in [-0.2, -0.15) is 5.10 Å². The van der Waals surface area contributed by atoms with Gasteiger partial charge in [0.25, 0.3) is 0 Å². The van der Waals surface area contributed by atoms with Gasteiger partial charge in [0.15, 0.2) is 0 Å². The van der Waals surface area contributed by atoms with Crippen molar-refractivity contribution in [2.45, 2.75) is 52.0 Å². The van der Waals surface area contributed by atoms with Crippen molar-refractivity contribution in [1.82, 2.24) is 20.0 Å². The average Bonchev–Trinajstić information content (AvgIpc) is 3.18. The lowest BCUT2D eigenvalue weighted by molar-refractivity contribution is -0.127. The lowest BCUT2D eigenvalue weighted by Crippen LogP contribution is -2.38. The summed E-state index contributed by atoms with van der Waals surface area (Å²) in [6.45, 7) is 5.20. The molecule has 26 heavy (non-hydrogen) atoms. The summed E-state index contributed by atoms with van der Waals surface area (Å²) in [5.74, 6) is 1.13. The first-order valence-electron chi connectivity index (χ1n) is 9.44. The van der Waals surface area contributed by atoms with E-state index in [4.69, 9.17) is 0 Å². The van der Waals surface area contributed by atoms with Crippen LogP contribution in [0.15, 0.2) is 6.07 Å². The third-order valence-electron chi connectivity index (χ3n) is 4.88. The summed E-state index contributed by atoms with van der Waals surface area (Å²) in [6, 6.07) is 1.91. The molecule has 0 bridgehead atoms. The normalized spacial score (nSPS) is 17.0. The van der Waals surface area contributed by atoms with Crippen molar-refractivity contribution in [3.63, 3.8) is 0 Å². The van der Waals surface area contributed by atoms with E-state index in [0.717, 1.165) is 30.9 Å². The zero-order valence-electron chi connectivity index (χ0n) is 15.4. The Hall–Kier alpha value is -2.38. The first-order chi connectivity index (χ1) is 12.5. The Morgan fingerprint density at radius 3 is 2.77 bits per heavy atom. The molecule has 2 aliphatic rings. The van der Waals surface area contributed by atoms with Gasteiger partial charge >= 0.3 is 0 Å². The Kier molecular flexibility index (Phi) is 5.90. The van der Waals surface area contributed by atoms with Gasteiger partial charge in [-0.1, -0.05) is 0 Å². The number of nitrogens with zero attached hydrogens (tertiary/aromatic N) is 4. The van der Waals surface area contributed by atoms with E-state index in [1.165, 1.54) is 0 Å². The second kappa shape index (κ2) is 8.33. The predicted octanol–water partition coefficient (Wildman–Crippen LogP) is 0.837. The molecule has 142 valence electrons. The zero-order valence-corrected chi connectivity index (χ0v) is 15.4. The van der Waals surface area contributed by atoms with Crippen molar-refractivity contribution in [3.05, 3.63) is 11.8 Å². The molecule has 0 atom stereocenters. The molecular formula is C18H27N5O3. The summed E-state index contributed by atoms with van der Waals surface area (Å²) < 4.78 is 1.86. The van der Waals surface area contributed by atoms with E-state index in [2.05, 4.69) is 10.4 Å². The monoisotopic (exact) mass is 361 g/mol. The van der Waals surface area contributed by atoms with E-state index >= 15 is 0 Å². The molecular weight excluding hydrogens is 334 g/mol. The van der Waals surface area contributed by atoms with Gasteiger partial charge in [-0.3, -0.25) is 19.3 Å². The predicted molar refractivity (Wildman–Crippen MR) is 96.6 cm³/mol.